The van der Waals surface area contributed by atoms with Crippen LogP contribution in [-0.2, 0) is 4.79 Å². The molecule has 2 atom stereocenters. The van der Waals surface area contributed by atoms with Crippen LogP contribution in [0.5, 0.6) is 5.75 Å². The molecule has 3 rings (SSSR count). The number of hydrogen-bond donors (Lipinski definition) is 3. The van der Waals surface area contributed by atoms with Crippen molar-refractivity contribution in [3.63, 3.8) is 0 Å². The Balaban J connectivity index is 1.78. The molecule has 1 aromatic carbocycles. The number of aryl methyl sites for hydroxylation is 1. The van der Waals surface area contributed by atoms with E-state index >= 15 is 0 Å². The molecule has 0 saturated carbocycles. The zero-order valence-corrected chi connectivity index (χ0v) is 17.4. The summed E-state index contributed by atoms with van der Waals surface area (Å²) in [5, 5.41) is 22.7. The second-order valence-corrected chi connectivity index (χ2v) is 7.32. The van der Waals surface area contributed by atoms with Gasteiger partial charge in [-0.25, -0.2) is 9.37 Å². The van der Waals surface area contributed by atoms with Crippen molar-refractivity contribution < 1.29 is 29.1 Å². The molecule has 162 valence electrons. The Morgan fingerprint density at radius 1 is 1.27 bits per heavy atom. The summed E-state index contributed by atoms with van der Waals surface area (Å²) < 4.78 is 7.37. The van der Waals surface area contributed by atoms with Crippen molar-refractivity contribution in [2.75, 3.05) is 40.4 Å². The third-order valence-electron chi connectivity index (χ3n) is 5.08. The highest BCUT2D eigenvalue weighted by Crippen LogP contribution is 2.19. The average molecular weight is 418 g/mol. The van der Waals surface area contributed by atoms with E-state index in [0.717, 1.165) is 10.5 Å². The van der Waals surface area contributed by atoms with Crippen LogP contribution in [-0.4, -0.2) is 101 Å². The van der Waals surface area contributed by atoms with E-state index in [1.165, 1.54) is 11.9 Å². The van der Waals surface area contributed by atoms with Crippen LogP contribution in [0.25, 0.3) is 0 Å². The number of hydrogen-bond acceptors (Lipinski definition) is 7. The van der Waals surface area contributed by atoms with Gasteiger partial charge in [-0.05, 0) is 18.6 Å². The lowest BCUT2D eigenvalue weighted by Crippen LogP contribution is -2.62. The Kier molecular flexibility index (Phi) is 6.68. The number of guanidine groups is 1. The van der Waals surface area contributed by atoms with Crippen molar-refractivity contribution in [1.29, 1.82) is 0 Å². The standard InChI is InChI=1S/C20H27N5O5/c1-13-7-4-5-8-15(13)30-12-14(27)11-25-16-17(22-19(25)21-9-6-10-26)23(2)20(29)24(3)18(16)28/h4-5,7-8,14,16,26-27H,6,9-12H2,1-3H3/p+1. The zero-order chi connectivity index (χ0) is 21.8. The fourth-order valence-electron chi connectivity index (χ4n) is 3.39. The van der Waals surface area contributed by atoms with Gasteiger partial charge in [0.2, 0.25) is 11.9 Å². The molecule has 1 aromatic rings. The number of aliphatic hydroxyl groups is 2. The topological polar surface area (TPSA) is 118 Å². The number of nitrogens with one attached hydrogen (secondary N) is 1. The van der Waals surface area contributed by atoms with Crippen LogP contribution in [0.3, 0.4) is 0 Å². The van der Waals surface area contributed by atoms with Gasteiger partial charge >= 0.3 is 12.0 Å². The van der Waals surface area contributed by atoms with Crippen molar-refractivity contribution >= 4 is 23.7 Å². The normalized spacial score (nSPS) is 19.8. The van der Waals surface area contributed by atoms with Crippen molar-refractivity contribution in [2.24, 2.45) is 4.99 Å². The Hall–Kier alpha value is -2.98. The molecule has 2 unspecified atom stereocenters. The predicted molar refractivity (Wildman–Crippen MR) is 110 cm³/mol. The summed E-state index contributed by atoms with van der Waals surface area (Å²) in [6.07, 6.45) is -0.413. The maximum absolute atomic E-state index is 12.8. The molecule has 0 radical (unpaired) electrons. The minimum atomic E-state index is -0.908. The third-order valence-corrected chi connectivity index (χ3v) is 5.08. The van der Waals surface area contributed by atoms with Gasteiger partial charge in [0, 0.05) is 27.1 Å². The van der Waals surface area contributed by atoms with Crippen LogP contribution in [0, 0.1) is 6.92 Å². The van der Waals surface area contributed by atoms with E-state index in [-0.39, 0.29) is 19.8 Å². The number of nitrogens with zero attached hydrogens (tertiary/aromatic N) is 4. The molecule has 1 fully saturated rings. The van der Waals surface area contributed by atoms with Gasteiger partial charge in [0.25, 0.3) is 5.91 Å². The van der Waals surface area contributed by atoms with Crippen LogP contribution < -0.4 is 10.1 Å². The first-order valence-corrected chi connectivity index (χ1v) is 9.83. The SMILES string of the molecule is Cc1ccccc1OCC(O)C[N+]1=C(NCCCO)N=C2C1C(=O)N(C)C(=O)N2C. The van der Waals surface area contributed by atoms with E-state index in [1.807, 2.05) is 31.2 Å². The minimum Gasteiger partial charge on any atom is -0.490 e. The van der Waals surface area contributed by atoms with Gasteiger partial charge in [-0.15, -0.1) is 0 Å². The fraction of sp³-hybridized carbons (Fsp3) is 0.500. The van der Waals surface area contributed by atoms with E-state index in [4.69, 9.17) is 9.84 Å². The van der Waals surface area contributed by atoms with Crippen LogP contribution in [0.15, 0.2) is 29.3 Å². The van der Waals surface area contributed by atoms with E-state index in [0.29, 0.717) is 30.5 Å². The van der Waals surface area contributed by atoms with Crippen LogP contribution in [0.4, 0.5) is 4.79 Å². The summed E-state index contributed by atoms with van der Waals surface area (Å²) in [5.74, 6) is 0.949. The lowest BCUT2D eigenvalue weighted by Gasteiger charge is -2.32. The number of β-amino-alcohol motifs (C(OH)–C–C–N with tert-alkyl or cyclic N) is 1. The molecule has 0 spiro atoms. The smallest absolute Gasteiger partial charge is 0.390 e. The number of aliphatic hydroxyl groups excluding tert-OH is 2. The highest BCUT2D eigenvalue weighted by Gasteiger charge is 2.51. The molecule has 2 aliphatic heterocycles. The van der Waals surface area contributed by atoms with Crippen molar-refractivity contribution in [3.05, 3.63) is 29.8 Å². The molecular weight excluding hydrogens is 390 g/mol. The molecule has 3 N–H and O–H groups in total. The number of para-hydroxylation sites is 1. The van der Waals surface area contributed by atoms with Gasteiger partial charge in [0.15, 0.2) is 0 Å². The number of likely N-dealkylation sites (N-methyl/N-ethyl adjacent to an activating group) is 2. The summed E-state index contributed by atoms with van der Waals surface area (Å²) >= 11 is 0. The molecule has 10 heteroatoms. The number of amides is 3. The number of rotatable bonds is 8. The van der Waals surface area contributed by atoms with Crippen molar-refractivity contribution in [2.45, 2.75) is 25.5 Å². The Labute approximate surface area is 175 Å². The molecule has 2 heterocycles. The summed E-state index contributed by atoms with van der Waals surface area (Å²) in [6, 6.07) is 6.23. The number of amidine groups is 1. The van der Waals surface area contributed by atoms with E-state index in [2.05, 4.69) is 10.3 Å². The number of ether oxygens (including phenoxy) is 1. The molecular formula is C20H28N5O5+. The second-order valence-electron chi connectivity index (χ2n) is 7.32. The zero-order valence-electron chi connectivity index (χ0n) is 17.4. The lowest BCUT2D eigenvalue weighted by molar-refractivity contribution is -0.545. The fourth-order valence-corrected chi connectivity index (χ4v) is 3.39. The predicted octanol–water partition coefficient (Wildman–Crippen LogP) is -0.620. The van der Waals surface area contributed by atoms with Crippen LogP contribution >= 0.6 is 0 Å². The highest BCUT2D eigenvalue weighted by atomic mass is 16.5. The second kappa shape index (κ2) is 9.23. The van der Waals surface area contributed by atoms with Crippen molar-refractivity contribution in [1.82, 2.24) is 15.1 Å². The van der Waals surface area contributed by atoms with Gasteiger partial charge < -0.3 is 14.9 Å². The number of imide groups is 1. The van der Waals surface area contributed by atoms with E-state index in [1.54, 1.807) is 11.6 Å². The number of fused-ring (bicyclic) bond motifs is 1. The third kappa shape index (κ3) is 4.29. The summed E-state index contributed by atoms with van der Waals surface area (Å²) in [4.78, 5) is 31.9. The van der Waals surface area contributed by atoms with E-state index < -0.39 is 24.1 Å². The van der Waals surface area contributed by atoms with Gasteiger partial charge in [-0.1, -0.05) is 23.2 Å². The number of carbonyl (C=O) groups excluding carboxylic acids is 2. The molecule has 3 amide bonds. The number of urea groups is 1. The Morgan fingerprint density at radius 2 is 2.00 bits per heavy atom. The molecule has 10 nitrogen and oxygen atoms in total. The van der Waals surface area contributed by atoms with Crippen LogP contribution in [0.1, 0.15) is 12.0 Å². The number of aliphatic imine (C=N–C) groups is 1. The quantitative estimate of drug-likeness (QED) is 0.383. The summed E-state index contributed by atoms with van der Waals surface area (Å²) in [7, 11) is 2.98. The van der Waals surface area contributed by atoms with Gasteiger partial charge in [0.1, 0.15) is 18.5 Å². The molecule has 0 aromatic heterocycles. The minimum absolute atomic E-state index is 0.00717. The molecule has 30 heavy (non-hydrogen) atoms. The lowest BCUT2D eigenvalue weighted by atomic mass is 10.1. The monoisotopic (exact) mass is 418 g/mol. The van der Waals surface area contributed by atoms with Gasteiger partial charge in [-0.3, -0.25) is 19.9 Å². The van der Waals surface area contributed by atoms with Crippen molar-refractivity contribution in [3.8, 4) is 5.75 Å². The Bertz CT molecular complexity index is 884. The van der Waals surface area contributed by atoms with Gasteiger partial charge in [0.05, 0.1) is 13.1 Å². The van der Waals surface area contributed by atoms with Gasteiger partial charge in [-0.2, -0.15) is 0 Å². The number of benzene rings is 1. The molecule has 0 aliphatic carbocycles. The summed E-state index contributed by atoms with van der Waals surface area (Å²) in [5.41, 5.74) is 0.957. The van der Waals surface area contributed by atoms with Crippen LogP contribution in [0.2, 0.25) is 0 Å². The largest absolute Gasteiger partial charge is 0.490 e. The first-order valence-electron chi connectivity index (χ1n) is 9.83. The first-order chi connectivity index (χ1) is 14.3. The average Bonchev–Trinajstić information content (AvgIpc) is 3.08. The Morgan fingerprint density at radius 3 is 2.70 bits per heavy atom. The first kappa shape index (κ1) is 21.7. The molecule has 0 bridgehead atoms. The maximum atomic E-state index is 12.8. The van der Waals surface area contributed by atoms with E-state index in [9.17, 15) is 14.7 Å². The molecule has 1 saturated heterocycles. The highest BCUT2D eigenvalue weighted by molar-refractivity contribution is 6.22. The molecule has 2 aliphatic rings. The summed E-state index contributed by atoms with van der Waals surface area (Å²) in [6.45, 7) is 2.47. The number of carbonyl (C=O) groups is 2. The maximum Gasteiger partial charge on any atom is 0.390 e.